The standard InChI is InChI=1S/C23H30N2O2/c26-19-23(13-4-9-20-7-2-1-3-8-20)14-6-16-25(18-23)22(27)12-11-21-10-5-15-24-17-21/h1-3,5,7-8,10,15,17,26H,4,6,9,11-14,16,18-19H2/t23-/m1/s1. The Morgan fingerprint density at radius 1 is 1.11 bits per heavy atom. The molecule has 3 rings (SSSR count). The summed E-state index contributed by atoms with van der Waals surface area (Å²) in [6.07, 6.45) is 9.83. The Morgan fingerprint density at radius 3 is 2.67 bits per heavy atom. The number of aromatic nitrogens is 1. The number of carbonyl (C=O) groups excluding carboxylic acids is 1. The topological polar surface area (TPSA) is 53.4 Å². The molecule has 1 N–H and O–H groups in total. The van der Waals surface area contributed by atoms with E-state index >= 15 is 0 Å². The maximum absolute atomic E-state index is 12.7. The van der Waals surface area contributed by atoms with Crippen LogP contribution in [0.5, 0.6) is 0 Å². The molecular formula is C23H30N2O2. The number of aliphatic hydroxyl groups excluding tert-OH is 1. The van der Waals surface area contributed by atoms with Gasteiger partial charge in [0.2, 0.25) is 5.91 Å². The van der Waals surface area contributed by atoms with Gasteiger partial charge in [-0.15, -0.1) is 0 Å². The molecule has 1 aliphatic heterocycles. The van der Waals surface area contributed by atoms with Crippen molar-refractivity contribution < 1.29 is 9.90 Å². The third kappa shape index (κ3) is 5.64. The average Bonchev–Trinajstić information content (AvgIpc) is 2.74. The number of aliphatic hydroxyl groups is 1. The third-order valence-corrected chi connectivity index (χ3v) is 5.72. The Hall–Kier alpha value is -2.20. The van der Waals surface area contributed by atoms with Gasteiger partial charge in [-0.2, -0.15) is 0 Å². The van der Waals surface area contributed by atoms with Gasteiger partial charge in [0.25, 0.3) is 0 Å². The molecule has 1 fully saturated rings. The highest BCUT2D eigenvalue weighted by atomic mass is 16.3. The van der Waals surface area contributed by atoms with Gasteiger partial charge in [-0.25, -0.2) is 0 Å². The van der Waals surface area contributed by atoms with Crippen LogP contribution in [0.3, 0.4) is 0 Å². The van der Waals surface area contributed by atoms with Crippen molar-refractivity contribution >= 4 is 5.91 Å². The lowest BCUT2D eigenvalue weighted by molar-refractivity contribution is -0.135. The zero-order chi connectivity index (χ0) is 19.0. The first-order valence-electron chi connectivity index (χ1n) is 10.0. The van der Waals surface area contributed by atoms with Gasteiger partial charge in [0.05, 0.1) is 6.61 Å². The second-order valence-corrected chi connectivity index (χ2v) is 7.78. The Kier molecular flexibility index (Phi) is 6.99. The van der Waals surface area contributed by atoms with Crippen LogP contribution in [0.1, 0.15) is 43.2 Å². The molecule has 1 amide bonds. The van der Waals surface area contributed by atoms with E-state index in [9.17, 15) is 9.90 Å². The predicted molar refractivity (Wildman–Crippen MR) is 107 cm³/mol. The number of aryl methyl sites for hydroxylation is 2. The lowest BCUT2D eigenvalue weighted by Crippen LogP contribution is -2.48. The number of nitrogens with zero attached hydrogens (tertiary/aromatic N) is 2. The van der Waals surface area contributed by atoms with Crippen molar-refractivity contribution in [3.05, 3.63) is 66.0 Å². The van der Waals surface area contributed by atoms with E-state index in [-0.39, 0.29) is 17.9 Å². The molecule has 0 unspecified atom stereocenters. The number of hydrogen-bond acceptors (Lipinski definition) is 3. The van der Waals surface area contributed by atoms with Crippen LogP contribution in [0.15, 0.2) is 54.9 Å². The summed E-state index contributed by atoms with van der Waals surface area (Å²) < 4.78 is 0. The van der Waals surface area contributed by atoms with Crippen LogP contribution >= 0.6 is 0 Å². The molecule has 1 aromatic carbocycles. The van der Waals surface area contributed by atoms with Crippen LogP contribution in [0.25, 0.3) is 0 Å². The van der Waals surface area contributed by atoms with Crippen molar-refractivity contribution in [3.63, 3.8) is 0 Å². The van der Waals surface area contributed by atoms with Crippen LogP contribution < -0.4 is 0 Å². The first-order valence-corrected chi connectivity index (χ1v) is 10.0. The highest BCUT2D eigenvalue weighted by molar-refractivity contribution is 5.76. The number of benzene rings is 1. The number of piperidine rings is 1. The van der Waals surface area contributed by atoms with Crippen LogP contribution in [0, 0.1) is 5.41 Å². The summed E-state index contributed by atoms with van der Waals surface area (Å²) in [6.45, 7) is 1.66. The molecule has 144 valence electrons. The average molecular weight is 367 g/mol. The maximum Gasteiger partial charge on any atom is 0.222 e. The van der Waals surface area contributed by atoms with Crippen molar-refractivity contribution in [3.8, 4) is 0 Å². The SMILES string of the molecule is O=C(CCc1cccnc1)N1CCC[C@](CO)(CCCc2ccccc2)C1. The molecule has 4 nitrogen and oxygen atoms in total. The molecule has 0 saturated carbocycles. The molecular weight excluding hydrogens is 336 g/mol. The first-order chi connectivity index (χ1) is 13.2. The van der Waals surface area contributed by atoms with Gasteiger partial charge < -0.3 is 10.0 Å². The molecule has 2 heterocycles. The quantitative estimate of drug-likeness (QED) is 0.776. The van der Waals surface area contributed by atoms with Gasteiger partial charge in [-0.05, 0) is 55.7 Å². The van der Waals surface area contributed by atoms with E-state index in [4.69, 9.17) is 0 Å². The largest absolute Gasteiger partial charge is 0.396 e. The fourth-order valence-corrected chi connectivity index (χ4v) is 4.10. The van der Waals surface area contributed by atoms with E-state index < -0.39 is 0 Å². The second-order valence-electron chi connectivity index (χ2n) is 7.78. The zero-order valence-corrected chi connectivity index (χ0v) is 16.0. The third-order valence-electron chi connectivity index (χ3n) is 5.72. The van der Waals surface area contributed by atoms with Gasteiger partial charge in [-0.3, -0.25) is 9.78 Å². The van der Waals surface area contributed by atoms with E-state index in [1.807, 2.05) is 29.3 Å². The molecule has 1 aromatic heterocycles. The van der Waals surface area contributed by atoms with Gasteiger partial charge >= 0.3 is 0 Å². The molecule has 0 spiro atoms. The number of amides is 1. The van der Waals surface area contributed by atoms with Crippen LogP contribution in [-0.4, -0.2) is 40.6 Å². The fourth-order valence-electron chi connectivity index (χ4n) is 4.10. The van der Waals surface area contributed by atoms with E-state index in [1.165, 1.54) is 5.56 Å². The zero-order valence-electron chi connectivity index (χ0n) is 16.0. The molecule has 1 aliphatic rings. The van der Waals surface area contributed by atoms with Crippen molar-refractivity contribution in [2.45, 2.75) is 44.9 Å². The van der Waals surface area contributed by atoms with E-state index in [0.717, 1.165) is 50.6 Å². The molecule has 1 saturated heterocycles. The highest BCUT2D eigenvalue weighted by Crippen LogP contribution is 2.35. The summed E-state index contributed by atoms with van der Waals surface area (Å²) in [7, 11) is 0. The summed E-state index contributed by atoms with van der Waals surface area (Å²) >= 11 is 0. The van der Waals surface area contributed by atoms with E-state index in [0.29, 0.717) is 13.0 Å². The normalized spacial score (nSPS) is 19.8. The molecule has 0 bridgehead atoms. The number of pyridine rings is 1. The minimum absolute atomic E-state index is 0.142. The molecule has 2 aromatic rings. The van der Waals surface area contributed by atoms with Crippen LogP contribution in [-0.2, 0) is 17.6 Å². The maximum atomic E-state index is 12.7. The number of likely N-dealkylation sites (tertiary alicyclic amines) is 1. The lowest BCUT2D eigenvalue weighted by atomic mass is 9.76. The molecule has 1 atom stereocenters. The fraction of sp³-hybridized carbons (Fsp3) is 0.478. The minimum Gasteiger partial charge on any atom is -0.396 e. The lowest BCUT2D eigenvalue weighted by Gasteiger charge is -2.42. The Balaban J connectivity index is 1.51. The Morgan fingerprint density at radius 2 is 1.93 bits per heavy atom. The van der Waals surface area contributed by atoms with Crippen molar-refractivity contribution in [2.24, 2.45) is 5.41 Å². The number of hydrogen-bond donors (Lipinski definition) is 1. The van der Waals surface area contributed by atoms with E-state index in [1.54, 1.807) is 6.20 Å². The van der Waals surface area contributed by atoms with Crippen molar-refractivity contribution in [1.29, 1.82) is 0 Å². The van der Waals surface area contributed by atoms with Gasteiger partial charge in [0.15, 0.2) is 0 Å². The van der Waals surface area contributed by atoms with Crippen molar-refractivity contribution in [1.82, 2.24) is 9.88 Å². The highest BCUT2D eigenvalue weighted by Gasteiger charge is 2.36. The Labute approximate surface area is 162 Å². The number of carbonyl (C=O) groups is 1. The van der Waals surface area contributed by atoms with Gasteiger partial charge in [0.1, 0.15) is 0 Å². The summed E-state index contributed by atoms with van der Waals surface area (Å²) in [5, 5.41) is 10.1. The minimum atomic E-state index is -0.142. The molecule has 4 heteroatoms. The molecule has 0 radical (unpaired) electrons. The van der Waals surface area contributed by atoms with E-state index in [2.05, 4.69) is 29.2 Å². The van der Waals surface area contributed by atoms with Gasteiger partial charge in [-0.1, -0.05) is 36.4 Å². The van der Waals surface area contributed by atoms with Gasteiger partial charge in [0, 0.05) is 37.3 Å². The summed E-state index contributed by atoms with van der Waals surface area (Å²) in [5.74, 6) is 0.194. The number of rotatable bonds is 8. The summed E-state index contributed by atoms with van der Waals surface area (Å²) in [4.78, 5) is 18.8. The first kappa shape index (κ1) is 19.6. The summed E-state index contributed by atoms with van der Waals surface area (Å²) in [5.41, 5.74) is 2.29. The van der Waals surface area contributed by atoms with Crippen molar-refractivity contribution in [2.75, 3.05) is 19.7 Å². The van der Waals surface area contributed by atoms with Crippen LogP contribution in [0.4, 0.5) is 0 Å². The monoisotopic (exact) mass is 366 g/mol. The smallest absolute Gasteiger partial charge is 0.222 e. The summed E-state index contributed by atoms with van der Waals surface area (Å²) in [6, 6.07) is 14.4. The predicted octanol–water partition coefficient (Wildman–Crippen LogP) is 3.64. The van der Waals surface area contributed by atoms with Crippen LogP contribution in [0.2, 0.25) is 0 Å². The Bertz CT molecular complexity index is 705. The second kappa shape index (κ2) is 9.65. The molecule has 27 heavy (non-hydrogen) atoms. The molecule has 0 aliphatic carbocycles.